The molecule has 0 bridgehead atoms. The van der Waals surface area contributed by atoms with Gasteiger partial charge >= 0.3 is 0 Å². The quantitative estimate of drug-likeness (QED) is 0.166. The molecule has 0 radical (unpaired) electrons. The molecular formula is C54H33N3. The van der Waals surface area contributed by atoms with E-state index in [1.807, 2.05) is 18.2 Å². The molecule has 0 saturated heterocycles. The standard InChI is InChI=1S/C54H33N3/c55-34-35-20-28-51-45(30-35)46-33-41(24-29-52(46)57(51)42-17-8-3-9-18-42)53-43-25-21-40(37-14-6-2-7-15-37)32-48(43)54(50-27-23-38-16-10-11-19-49(38)56-50)44-26-22-39(31-47(44)53)36-12-4-1-5-13-36/h1-33H. The predicted molar refractivity (Wildman–Crippen MR) is 238 cm³/mol. The lowest BCUT2D eigenvalue weighted by atomic mass is 9.84. The number of pyridine rings is 1. The molecule has 2 heterocycles. The number of hydrogen-bond donors (Lipinski definition) is 0. The Labute approximate surface area is 330 Å². The Bertz CT molecular complexity index is 3390. The number of aromatic nitrogens is 2. The van der Waals surface area contributed by atoms with Gasteiger partial charge in [-0.3, -0.25) is 0 Å². The summed E-state index contributed by atoms with van der Waals surface area (Å²) in [7, 11) is 0. The minimum absolute atomic E-state index is 0.643. The van der Waals surface area contributed by atoms with Gasteiger partial charge in [-0.1, -0.05) is 133 Å². The molecule has 0 unspecified atom stereocenters. The number of para-hydroxylation sites is 2. The summed E-state index contributed by atoms with van der Waals surface area (Å²) >= 11 is 0. The van der Waals surface area contributed by atoms with Crippen molar-refractivity contribution < 1.29 is 0 Å². The highest BCUT2D eigenvalue weighted by molar-refractivity contribution is 6.23. The number of nitrogens with zero attached hydrogens (tertiary/aromatic N) is 3. The molecule has 0 saturated carbocycles. The number of fused-ring (bicyclic) bond motifs is 6. The lowest BCUT2D eigenvalue weighted by Crippen LogP contribution is -1.95. The van der Waals surface area contributed by atoms with Crippen molar-refractivity contribution in [2.75, 3.05) is 0 Å². The Morgan fingerprint density at radius 2 is 0.930 bits per heavy atom. The Morgan fingerprint density at radius 1 is 0.386 bits per heavy atom. The molecule has 0 aliphatic carbocycles. The molecule has 2 aromatic heterocycles. The van der Waals surface area contributed by atoms with E-state index < -0.39 is 0 Å². The van der Waals surface area contributed by atoms with Crippen LogP contribution in [0.2, 0.25) is 0 Å². The van der Waals surface area contributed by atoms with Crippen LogP contribution in [0.4, 0.5) is 0 Å². The van der Waals surface area contributed by atoms with Crippen LogP contribution in [-0.4, -0.2) is 9.55 Å². The van der Waals surface area contributed by atoms with Crippen LogP contribution >= 0.6 is 0 Å². The number of benzene rings is 9. The second-order valence-corrected chi connectivity index (χ2v) is 14.6. The topological polar surface area (TPSA) is 41.6 Å². The Morgan fingerprint density at radius 3 is 1.61 bits per heavy atom. The molecule has 0 atom stereocenters. The van der Waals surface area contributed by atoms with Crippen molar-refractivity contribution in [1.82, 2.24) is 9.55 Å². The van der Waals surface area contributed by atoms with Gasteiger partial charge in [0.2, 0.25) is 0 Å². The minimum atomic E-state index is 0.643. The van der Waals surface area contributed by atoms with E-state index in [2.05, 4.69) is 193 Å². The first-order valence-corrected chi connectivity index (χ1v) is 19.3. The van der Waals surface area contributed by atoms with Crippen LogP contribution in [0, 0.1) is 11.3 Å². The van der Waals surface area contributed by atoms with Crippen molar-refractivity contribution >= 4 is 54.3 Å². The van der Waals surface area contributed by atoms with Crippen LogP contribution < -0.4 is 0 Å². The molecule has 264 valence electrons. The van der Waals surface area contributed by atoms with E-state index in [9.17, 15) is 5.26 Å². The summed E-state index contributed by atoms with van der Waals surface area (Å²) in [5.74, 6) is 0. The number of rotatable bonds is 5. The molecule has 3 nitrogen and oxygen atoms in total. The summed E-state index contributed by atoms with van der Waals surface area (Å²) in [4.78, 5) is 5.32. The summed E-state index contributed by atoms with van der Waals surface area (Å²) in [6.45, 7) is 0. The van der Waals surface area contributed by atoms with Gasteiger partial charge in [0, 0.05) is 27.4 Å². The van der Waals surface area contributed by atoms with Gasteiger partial charge in [0.05, 0.1) is 33.9 Å². The fourth-order valence-corrected chi connectivity index (χ4v) is 8.74. The first-order valence-electron chi connectivity index (χ1n) is 19.3. The van der Waals surface area contributed by atoms with Gasteiger partial charge in [-0.15, -0.1) is 0 Å². The zero-order valence-electron chi connectivity index (χ0n) is 30.9. The first-order chi connectivity index (χ1) is 28.2. The van der Waals surface area contributed by atoms with E-state index in [0.29, 0.717) is 5.56 Å². The molecule has 11 rings (SSSR count). The molecule has 0 aliphatic heterocycles. The first kappa shape index (κ1) is 32.6. The van der Waals surface area contributed by atoms with Crippen LogP contribution in [0.3, 0.4) is 0 Å². The zero-order valence-corrected chi connectivity index (χ0v) is 30.9. The smallest absolute Gasteiger partial charge is 0.0991 e. The lowest BCUT2D eigenvalue weighted by Gasteiger charge is -2.20. The maximum absolute atomic E-state index is 10.0. The van der Waals surface area contributed by atoms with Gasteiger partial charge in [0.15, 0.2) is 0 Å². The Hall–Kier alpha value is -7.80. The average molecular weight is 724 g/mol. The van der Waals surface area contributed by atoms with Crippen LogP contribution in [0.5, 0.6) is 0 Å². The second kappa shape index (κ2) is 13.2. The van der Waals surface area contributed by atoms with E-state index >= 15 is 0 Å². The summed E-state index contributed by atoms with van der Waals surface area (Å²) in [6, 6.07) is 73.5. The van der Waals surface area contributed by atoms with Gasteiger partial charge in [-0.05, 0) is 122 Å². The van der Waals surface area contributed by atoms with Gasteiger partial charge < -0.3 is 4.57 Å². The average Bonchev–Trinajstić information content (AvgIpc) is 3.61. The normalized spacial score (nSPS) is 11.5. The van der Waals surface area contributed by atoms with Crippen LogP contribution in [-0.2, 0) is 0 Å². The molecule has 0 amide bonds. The van der Waals surface area contributed by atoms with Crippen molar-refractivity contribution in [3.05, 3.63) is 206 Å². The van der Waals surface area contributed by atoms with Gasteiger partial charge in [-0.25, -0.2) is 4.98 Å². The predicted octanol–water partition coefficient (Wildman–Crippen LogP) is 14.2. The summed E-state index contributed by atoms with van der Waals surface area (Å²) in [6.07, 6.45) is 0. The highest BCUT2D eigenvalue weighted by Gasteiger charge is 2.21. The largest absolute Gasteiger partial charge is 0.309 e. The zero-order chi connectivity index (χ0) is 37.9. The number of nitriles is 1. The third kappa shape index (κ3) is 5.39. The fraction of sp³-hybridized carbons (Fsp3) is 0. The molecule has 57 heavy (non-hydrogen) atoms. The third-order valence-electron chi connectivity index (χ3n) is 11.4. The van der Waals surface area contributed by atoms with E-state index in [1.54, 1.807) is 0 Å². The maximum Gasteiger partial charge on any atom is 0.0991 e. The van der Waals surface area contributed by atoms with Crippen LogP contribution in [0.1, 0.15) is 5.56 Å². The highest BCUT2D eigenvalue weighted by Crippen LogP contribution is 2.47. The molecule has 0 aliphatic rings. The van der Waals surface area contributed by atoms with Crippen molar-refractivity contribution in [1.29, 1.82) is 5.26 Å². The lowest BCUT2D eigenvalue weighted by molar-refractivity contribution is 1.18. The van der Waals surface area contributed by atoms with Crippen LogP contribution in [0.15, 0.2) is 200 Å². The van der Waals surface area contributed by atoms with E-state index in [0.717, 1.165) is 87.9 Å². The molecule has 0 spiro atoms. The monoisotopic (exact) mass is 723 g/mol. The van der Waals surface area contributed by atoms with Crippen molar-refractivity contribution in [3.8, 4) is 56.4 Å². The highest BCUT2D eigenvalue weighted by atomic mass is 15.0. The van der Waals surface area contributed by atoms with E-state index in [4.69, 9.17) is 4.98 Å². The molecular weight excluding hydrogens is 691 g/mol. The minimum Gasteiger partial charge on any atom is -0.309 e. The maximum atomic E-state index is 10.0. The molecule has 11 aromatic rings. The van der Waals surface area contributed by atoms with Crippen molar-refractivity contribution in [3.63, 3.8) is 0 Å². The third-order valence-corrected chi connectivity index (χ3v) is 11.4. The van der Waals surface area contributed by atoms with E-state index in [1.165, 1.54) is 16.7 Å². The second-order valence-electron chi connectivity index (χ2n) is 14.6. The van der Waals surface area contributed by atoms with Gasteiger partial charge in [-0.2, -0.15) is 5.26 Å². The SMILES string of the molecule is N#Cc1ccc2c(c1)c1cc(-c3c4cc(-c5ccccc5)ccc4c(-c4ccc5ccccc5n4)c4cc(-c5ccccc5)ccc34)ccc1n2-c1ccccc1. The Kier molecular flexibility index (Phi) is 7.55. The van der Waals surface area contributed by atoms with Gasteiger partial charge in [0.1, 0.15) is 0 Å². The van der Waals surface area contributed by atoms with Crippen molar-refractivity contribution in [2.24, 2.45) is 0 Å². The molecule has 0 fully saturated rings. The summed E-state index contributed by atoms with van der Waals surface area (Å²) < 4.78 is 2.31. The Balaban J connectivity index is 1.28. The molecule has 0 N–H and O–H groups in total. The summed E-state index contributed by atoms with van der Waals surface area (Å²) in [5.41, 5.74) is 13.8. The number of hydrogen-bond acceptors (Lipinski definition) is 2. The molecule has 3 heteroatoms. The van der Waals surface area contributed by atoms with E-state index in [-0.39, 0.29) is 0 Å². The van der Waals surface area contributed by atoms with Crippen LogP contribution in [0.25, 0.3) is 105 Å². The van der Waals surface area contributed by atoms with Gasteiger partial charge in [0.25, 0.3) is 0 Å². The van der Waals surface area contributed by atoms with Crippen molar-refractivity contribution in [2.45, 2.75) is 0 Å². The molecule has 9 aromatic carbocycles. The fourth-order valence-electron chi connectivity index (χ4n) is 8.74. The summed E-state index contributed by atoms with van der Waals surface area (Å²) in [5, 5.41) is 17.9.